The first-order valence-corrected chi connectivity index (χ1v) is 9.28. The summed E-state index contributed by atoms with van der Waals surface area (Å²) < 4.78 is 0. The molecule has 0 radical (unpaired) electrons. The molecule has 0 spiro atoms. The number of aliphatic hydroxyl groups is 2. The zero-order valence-electron chi connectivity index (χ0n) is 13.8. The van der Waals surface area contributed by atoms with E-state index in [-0.39, 0.29) is 11.5 Å². The van der Waals surface area contributed by atoms with Crippen LogP contribution in [0.4, 0.5) is 0 Å². The first-order chi connectivity index (χ1) is 9.88. The molecule has 4 fully saturated rings. The molecule has 4 saturated carbocycles. The van der Waals surface area contributed by atoms with E-state index in [0.29, 0.717) is 17.8 Å². The maximum Gasteiger partial charge on any atom is 0.0728 e. The smallest absolute Gasteiger partial charge is 0.0728 e. The summed E-state index contributed by atoms with van der Waals surface area (Å²) in [7, 11) is 0. The standard InChI is InChI=1S/C19H32O2/c1-17-8-3-4-15(17)14-6-11-19(21)12-13(20)5-10-18(19,2)16(14)7-9-17/h13-16,20-21H,3-12H2,1-2H3/t13?,14-,15-,16-,17-,18+,19?/m0/s1. The lowest BCUT2D eigenvalue weighted by Crippen LogP contribution is -2.62. The summed E-state index contributed by atoms with van der Waals surface area (Å²) in [5.41, 5.74) is 0.0540. The molecule has 21 heavy (non-hydrogen) atoms. The fourth-order valence-electron chi connectivity index (χ4n) is 7.22. The lowest BCUT2D eigenvalue weighted by Gasteiger charge is -2.63. The van der Waals surface area contributed by atoms with Gasteiger partial charge in [0, 0.05) is 6.42 Å². The van der Waals surface area contributed by atoms with E-state index in [1.54, 1.807) is 0 Å². The van der Waals surface area contributed by atoms with Crippen molar-refractivity contribution >= 4 is 0 Å². The largest absolute Gasteiger partial charge is 0.393 e. The zero-order valence-corrected chi connectivity index (χ0v) is 13.8. The van der Waals surface area contributed by atoms with Gasteiger partial charge in [0.25, 0.3) is 0 Å². The molecule has 2 nitrogen and oxygen atoms in total. The van der Waals surface area contributed by atoms with Crippen LogP contribution in [0, 0.1) is 28.6 Å². The maximum absolute atomic E-state index is 11.3. The van der Waals surface area contributed by atoms with Crippen molar-refractivity contribution in [2.75, 3.05) is 0 Å². The molecule has 2 N–H and O–H groups in total. The molecule has 0 amide bonds. The predicted octanol–water partition coefficient (Wildman–Crippen LogP) is 3.90. The molecular weight excluding hydrogens is 260 g/mol. The molecule has 7 atom stereocenters. The summed E-state index contributed by atoms with van der Waals surface area (Å²) in [6.45, 7) is 4.89. The molecule has 4 aliphatic carbocycles. The summed E-state index contributed by atoms with van der Waals surface area (Å²) in [5.74, 6) is 2.44. The normalized spacial score (nSPS) is 60.0. The van der Waals surface area contributed by atoms with Gasteiger partial charge in [-0.1, -0.05) is 20.3 Å². The van der Waals surface area contributed by atoms with Crippen molar-refractivity contribution in [3.63, 3.8) is 0 Å². The minimum Gasteiger partial charge on any atom is -0.393 e. The molecule has 0 aromatic rings. The first-order valence-electron chi connectivity index (χ1n) is 9.28. The van der Waals surface area contributed by atoms with Crippen LogP contribution in [0.1, 0.15) is 78.1 Å². The number of rotatable bonds is 0. The van der Waals surface area contributed by atoms with Gasteiger partial charge in [-0.3, -0.25) is 0 Å². The Morgan fingerprint density at radius 1 is 0.857 bits per heavy atom. The van der Waals surface area contributed by atoms with Gasteiger partial charge in [0.05, 0.1) is 11.7 Å². The zero-order chi connectivity index (χ0) is 14.9. The molecule has 0 aromatic carbocycles. The average Bonchev–Trinajstić information content (AvgIpc) is 2.82. The van der Waals surface area contributed by atoms with E-state index in [9.17, 15) is 10.2 Å². The summed E-state index contributed by atoms with van der Waals surface area (Å²) in [6, 6.07) is 0. The minimum absolute atomic E-state index is 0.0546. The van der Waals surface area contributed by atoms with Crippen molar-refractivity contribution in [2.24, 2.45) is 28.6 Å². The van der Waals surface area contributed by atoms with Gasteiger partial charge in [0.2, 0.25) is 0 Å². The van der Waals surface area contributed by atoms with E-state index in [0.717, 1.165) is 31.1 Å². The van der Waals surface area contributed by atoms with Gasteiger partial charge >= 0.3 is 0 Å². The maximum atomic E-state index is 11.3. The molecule has 4 aliphatic rings. The molecular formula is C19H32O2. The molecule has 4 rings (SSSR count). The Labute approximate surface area is 129 Å². The minimum atomic E-state index is -0.599. The van der Waals surface area contributed by atoms with Crippen molar-refractivity contribution in [1.82, 2.24) is 0 Å². The Balaban J connectivity index is 1.67. The fraction of sp³-hybridized carbons (Fsp3) is 1.00. The van der Waals surface area contributed by atoms with Gasteiger partial charge in [0.1, 0.15) is 0 Å². The number of hydrogen-bond acceptors (Lipinski definition) is 2. The number of hydrogen-bond donors (Lipinski definition) is 2. The average molecular weight is 292 g/mol. The summed E-state index contributed by atoms with van der Waals surface area (Å²) in [4.78, 5) is 0. The van der Waals surface area contributed by atoms with Crippen LogP contribution in [0.25, 0.3) is 0 Å². The summed E-state index contributed by atoms with van der Waals surface area (Å²) in [6.07, 6.45) is 11.3. The van der Waals surface area contributed by atoms with Crippen LogP contribution >= 0.6 is 0 Å². The third-order valence-electron chi connectivity index (χ3n) is 8.56. The van der Waals surface area contributed by atoms with E-state index in [1.165, 1.54) is 38.5 Å². The SMILES string of the molecule is C[C@@]12CCC[C@H]1[C@@H]1CCC3(O)CC(O)CC[C@]3(C)[C@H]1CC2. The van der Waals surface area contributed by atoms with E-state index < -0.39 is 5.60 Å². The Hall–Kier alpha value is -0.0800. The van der Waals surface area contributed by atoms with Crippen molar-refractivity contribution in [3.05, 3.63) is 0 Å². The van der Waals surface area contributed by atoms with Crippen LogP contribution in [-0.4, -0.2) is 21.9 Å². The highest BCUT2D eigenvalue weighted by molar-refractivity contribution is 5.13. The van der Waals surface area contributed by atoms with Gasteiger partial charge in [-0.25, -0.2) is 0 Å². The van der Waals surface area contributed by atoms with Crippen molar-refractivity contribution in [2.45, 2.75) is 89.8 Å². The van der Waals surface area contributed by atoms with Crippen LogP contribution in [-0.2, 0) is 0 Å². The third-order valence-corrected chi connectivity index (χ3v) is 8.56. The second-order valence-electron chi connectivity index (χ2n) is 9.35. The van der Waals surface area contributed by atoms with E-state index in [1.807, 2.05) is 0 Å². The highest BCUT2D eigenvalue weighted by atomic mass is 16.3. The van der Waals surface area contributed by atoms with Crippen LogP contribution in [0.5, 0.6) is 0 Å². The molecule has 0 saturated heterocycles. The highest BCUT2D eigenvalue weighted by Gasteiger charge is 2.62. The molecule has 0 bridgehead atoms. The van der Waals surface area contributed by atoms with Gasteiger partial charge in [-0.15, -0.1) is 0 Å². The van der Waals surface area contributed by atoms with Crippen LogP contribution in [0.2, 0.25) is 0 Å². The third kappa shape index (κ3) is 1.84. The summed E-state index contributed by atoms with van der Waals surface area (Å²) >= 11 is 0. The lowest BCUT2D eigenvalue weighted by molar-refractivity contribution is -0.217. The molecule has 0 aliphatic heterocycles. The molecule has 0 aromatic heterocycles. The van der Waals surface area contributed by atoms with Crippen molar-refractivity contribution < 1.29 is 10.2 Å². The second-order valence-corrected chi connectivity index (χ2v) is 9.35. The molecule has 0 heterocycles. The van der Waals surface area contributed by atoms with Crippen molar-refractivity contribution in [3.8, 4) is 0 Å². The van der Waals surface area contributed by atoms with E-state index >= 15 is 0 Å². The molecule has 2 heteroatoms. The molecule has 2 unspecified atom stereocenters. The molecule has 120 valence electrons. The Kier molecular flexibility index (Phi) is 3.09. The Morgan fingerprint density at radius 2 is 1.67 bits per heavy atom. The lowest BCUT2D eigenvalue weighted by atomic mass is 9.43. The Morgan fingerprint density at radius 3 is 2.48 bits per heavy atom. The number of fused-ring (bicyclic) bond motifs is 5. The number of aliphatic hydroxyl groups excluding tert-OH is 1. The Bertz CT molecular complexity index is 435. The quantitative estimate of drug-likeness (QED) is 0.711. The highest BCUT2D eigenvalue weighted by Crippen LogP contribution is 2.67. The summed E-state index contributed by atoms with van der Waals surface area (Å²) in [5, 5.41) is 21.4. The van der Waals surface area contributed by atoms with Gasteiger partial charge in [0.15, 0.2) is 0 Å². The van der Waals surface area contributed by atoms with Crippen LogP contribution < -0.4 is 0 Å². The predicted molar refractivity (Wildman–Crippen MR) is 83.8 cm³/mol. The fourth-order valence-corrected chi connectivity index (χ4v) is 7.22. The second kappa shape index (κ2) is 4.47. The van der Waals surface area contributed by atoms with E-state index in [2.05, 4.69) is 13.8 Å². The first kappa shape index (κ1) is 14.5. The van der Waals surface area contributed by atoms with Crippen LogP contribution in [0.15, 0.2) is 0 Å². The van der Waals surface area contributed by atoms with Gasteiger partial charge in [-0.05, 0) is 80.0 Å². The topological polar surface area (TPSA) is 40.5 Å². The van der Waals surface area contributed by atoms with Gasteiger partial charge in [-0.2, -0.15) is 0 Å². The van der Waals surface area contributed by atoms with Crippen LogP contribution in [0.3, 0.4) is 0 Å². The van der Waals surface area contributed by atoms with Crippen molar-refractivity contribution in [1.29, 1.82) is 0 Å². The van der Waals surface area contributed by atoms with E-state index in [4.69, 9.17) is 0 Å². The monoisotopic (exact) mass is 292 g/mol. The van der Waals surface area contributed by atoms with Gasteiger partial charge < -0.3 is 10.2 Å².